The van der Waals surface area contributed by atoms with Crippen molar-refractivity contribution in [1.29, 1.82) is 0 Å². The predicted octanol–water partition coefficient (Wildman–Crippen LogP) is 1.08. The van der Waals surface area contributed by atoms with E-state index in [1.807, 2.05) is 0 Å². The van der Waals surface area contributed by atoms with E-state index in [0.717, 1.165) is 19.6 Å². The Hall–Kier alpha value is 0.0700. The van der Waals surface area contributed by atoms with Crippen molar-refractivity contribution < 1.29 is 4.21 Å². The average molecular weight is 218 g/mol. The monoisotopic (exact) mass is 218 g/mol. The van der Waals surface area contributed by atoms with Gasteiger partial charge in [-0.3, -0.25) is 4.90 Å². The summed E-state index contributed by atoms with van der Waals surface area (Å²) < 4.78 is 13.5. The van der Waals surface area contributed by atoms with Gasteiger partial charge in [-0.15, -0.1) is 0 Å². The van der Waals surface area contributed by atoms with Crippen LogP contribution in [0.25, 0.3) is 0 Å². The number of rotatable bonds is 3. The summed E-state index contributed by atoms with van der Waals surface area (Å²) in [6.07, 6.45) is 2.97. The third-order valence-electron chi connectivity index (χ3n) is 3.14. The molecule has 0 bridgehead atoms. The first-order valence-corrected chi connectivity index (χ1v) is 6.92. The van der Waals surface area contributed by atoms with Crippen molar-refractivity contribution in [2.24, 2.45) is 0 Å². The molecule has 1 aliphatic heterocycles. The van der Waals surface area contributed by atoms with E-state index >= 15 is 0 Å². The normalized spacial score (nSPS) is 30.1. The zero-order valence-electron chi connectivity index (χ0n) is 9.69. The van der Waals surface area contributed by atoms with Crippen LogP contribution in [0.1, 0.15) is 27.2 Å². The van der Waals surface area contributed by atoms with Gasteiger partial charge in [0.25, 0.3) is 0 Å². The maximum atomic E-state index is 11.4. The standard InChI is InChI=1S/C10H22N2OS/c1-5-9(2)11-6-7-12(14(4)13)10(3)8-11/h9-10H,5-8H2,1-4H3. The topological polar surface area (TPSA) is 23.6 Å². The highest BCUT2D eigenvalue weighted by atomic mass is 32.2. The third-order valence-corrected chi connectivity index (χ3v) is 4.35. The Morgan fingerprint density at radius 3 is 2.57 bits per heavy atom. The lowest BCUT2D eigenvalue weighted by Crippen LogP contribution is -2.54. The summed E-state index contributed by atoms with van der Waals surface area (Å²) in [5.41, 5.74) is 0. The smallest absolute Gasteiger partial charge is 0.0914 e. The summed E-state index contributed by atoms with van der Waals surface area (Å²) in [5, 5.41) is 0. The Labute approximate surface area is 90.0 Å². The second kappa shape index (κ2) is 5.24. The molecule has 1 aliphatic rings. The molecule has 0 aromatic rings. The highest BCUT2D eigenvalue weighted by Gasteiger charge is 2.27. The summed E-state index contributed by atoms with van der Waals surface area (Å²) in [6.45, 7) is 9.70. The molecule has 14 heavy (non-hydrogen) atoms. The maximum Gasteiger partial charge on any atom is 0.0914 e. The summed E-state index contributed by atoms with van der Waals surface area (Å²) in [6, 6.07) is 1.08. The molecule has 0 aromatic carbocycles. The van der Waals surface area contributed by atoms with Crippen LogP contribution in [0.2, 0.25) is 0 Å². The molecule has 1 saturated heterocycles. The SMILES string of the molecule is CCC(C)N1CCN(S(C)=O)C(C)C1. The summed E-state index contributed by atoms with van der Waals surface area (Å²) in [4.78, 5) is 2.49. The van der Waals surface area contributed by atoms with Gasteiger partial charge in [-0.25, -0.2) is 8.51 Å². The van der Waals surface area contributed by atoms with E-state index in [4.69, 9.17) is 0 Å². The van der Waals surface area contributed by atoms with E-state index in [1.54, 1.807) is 6.26 Å². The summed E-state index contributed by atoms with van der Waals surface area (Å²) in [7, 11) is -0.806. The van der Waals surface area contributed by atoms with Crippen LogP contribution in [0.5, 0.6) is 0 Å². The summed E-state index contributed by atoms with van der Waals surface area (Å²) in [5.74, 6) is 0. The number of hydrogen-bond acceptors (Lipinski definition) is 2. The lowest BCUT2D eigenvalue weighted by Gasteiger charge is -2.40. The number of hydrogen-bond donors (Lipinski definition) is 0. The Morgan fingerprint density at radius 2 is 2.14 bits per heavy atom. The van der Waals surface area contributed by atoms with Gasteiger partial charge in [0, 0.05) is 38.0 Å². The average Bonchev–Trinajstić information content (AvgIpc) is 2.15. The van der Waals surface area contributed by atoms with Gasteiger partial charge in [-0.05, 0) is 20.3 Å². The maximum absolute atomic E-state index is 11.4. The minimum absolute atomic E-state index is 0.420. The number of nitrogens with zero attached hydrogens (tertiary/aromatic N) is 2. The molecule has 0 aromatic heterocycles. The largest absolute Gasteiger partial charge is 0.298 e. The van der Waals surface area contributed by atoms with Crippen molar-refractivity contribution >= 4 is 11.0 Å². The molecule has 1 heterocycles. The van der Waals surface area contributed by atoms with Gasteiger partial charge in [-0.1, -0.05) is 6.92 Å². The van der Waals surface area contributed by atoms with Crippen LogP contribution in [-0.2, 0) is 11.0 Å². The highest BCUT2D eigenvalue weighted by Crippen LogP contribution is 2.14. The van der Waals surface area contributed by atoms with E-state index in [9.17, 15) is 4.21 Å². The molecule has 3 unspecified atom stereocenters. The highest BCUT2D eigenvalue weighted by molar-refractivity contribution is 7.81. The van der Waals surface area contributed by atoms with Crippen LogP contribution in [0.3, 0.4) is 0 Å². The molecule has 1 rings (SSSR count). The van der Waals surface area contributed by atoms with Crippen molar-refractivity contribution in [3.63, 3.8) is 0 Å². The van der Waals surface area contributed by atoms with Crippen molar-refractivity contribution in [1.82, 2.24) is 9.21 Å². The van der Waals surface area contributed by atoms with Crippen LogP contribution in [-0.4, -0.2) is 51.4 Å². The molecule has 0 saturated carbocycles. The second-order valence-corrected chi connectivity index (χ2v) is 5.48. The molecule has 3 nitrogen and oxygen atoms in total. The first kappa shape index (κ1) is 12.1. The first-order chi connectivity index (χ1) is 6.56. The molecule has 0 radical (unpaired) electrons. The van der Waals surface area contributed by atoms with Gasteiger partial charge in [0.2, 0.25) is 0 Å². The molecule has 84 valence electrons. The minimum Gasteiger partial charge on any atom is -0.298 e. The molecule has 1 fully saturated rings. The molecule has 0 amide bonds. The molecule has 0 N–H and O–H groups in total. The van der Waals surface area contributed by atoms with Crippen LogP contribution >= 0.6 is 0 Å². The van der Waals surface area contributed by atoms with Crippen LogP contribution in [0, 0.1) is 0 Å². The van der Waals surface area contributed by atoms with Gasteiger partial charge < -0.3 is 0 Å². The lowest BCUT2D eigenvalue weighted by atomic mass is 10.1. The minimum atomic E-state index is -0.806. The van der Waals surface area contributed by atoms with Gasteiger partial charge >= 0.3 is 0 Å². The van der Waals surface area contributed by atoms with Crippen molar-refractivity contribution in [2.45, 2.75) is 39.3 Å². The molecule has 4 heteroatoms. The lowest BCUT2D eigenvalue weighted by molar-refractivity contribution is 0.111. The molecule has 0 aliphatic carbocycles. The zero-order valence-corrected chi connectivity index (χ0v) is 10.5. The quantitative estimate of drug-likeness (QED) is 0.708. The Balaban J connectivity index is 2.50. The number of piperazine rings is 1. The Morgan fingerprint density at radius 1 is 1.50 bits per heavy atom. The van der Waals surface area contributed by atoms with Crippen LogP contribution < -0.4 is 0 Å². The van der Waals surface area contributed by atoms with E-state index in [1.165, 1.54) is 6.42 Å². The molecule has 0 spiro atoms. The van der Waals surface area contributed by atoms with Crippen molar-refractivity contribution in [3.05, 3.63) is 0 Å². The fourth-order valence-corrected chi connectivity index (χ4v) is 2.92. The van der Waals surface area contributed by atoms with Gasteiger partial charge in [0.15, 0.2) is 0 Å². The van der Waals surface area contributed by atoms with Crippen LogP contribution in [0.4, 0.5) is 0 Å². The first-order valence-electron chi connectivity index (χ1n) is 5.40. The van der Waals surface area contributed by atoms with E-state index in [0.29, 0.717) is 12.1 Å². The van der Waals surface area contributed by atoms with E-state index < -0.39 is 11.0 Å². The second-order valence-electron chi connectivity index (χ2n) is 4.17. The van der Waals surface area contributed by atoms with Crippen molar-refractivity contribution in [3.8, 4) is 0 Å². The van der Waals surface area contributed by atoms with Gasteiger partial charge in [-0.2, -0.15) is 0 Å². The third kappa shape index (κ3) is 2.78. The van der Waals surface area contributed by atoms with Crippen molar-refractivity contribution in [2.75, 3.05) is 25.9 Å². The predicted molar refractivity (Wildman–Crippen MR) is 61.6 cm³/mol. The van der Waals surface area contributed by atoms with Crippen LogP contribution in [0.15, 0.2) is 0 Å². The molecular formula is C10H22N2OS. The Bertz CT molecular complexity index is 210. The molecular weight excluding hydrogens is 196 g/mol. The van der Waals surface area contributed by atoms with Gasteiger partial charge in [0.05, 0.1) is 11.0 Å². The van der Waals surface area contributed by atoms with Gasteiger partial charge in [0.1, 0.15) is 0 Å². The fourth-order valence-electron chi connectivity index (χ4n) is 2.01. The van der Waals surface area contributed by atoms with E-state index in [2.05, 4.69) is 30.0 Å². The fraction of sp³-hybridized carbons (Fsp3) is 1.00. The zero-order chi connectivity index (χ0) is 10.7. The Kier molecular flexibility index (Phi) is 4.54. The summed E-state index contributed by atoms with van der Waals surface area (Å²) >= 11 is 0. The molecule has 3 atom stereocenters. The van der Waals surface area contributed by atoms with E-state index in [-0.39, 0.29) is 0 Å².